The maximum absolute atomic E-state index is 13.1. The van der Waals surface area contributed by atoms with Crippen LogP contribution in [-0.2, 0) is 16.8 Å². The first-order valence-electron chi connectivity index (χ1n) is 12.5. The van der Waals surface area contributed by atoms with Gasteiger partial charge >= 0.3 is 5.51 Å². The molecule has 4 aromatic rings. The summed E-state index contributed by atoms with van der Waals surface area (Å²) in [6.45, 7) is 7.53. The number of carbonyl (C=O) groups excluding carboxylic acids is 1. The van der Waals surface area contributed by atoms with Crippen LogP contribution in [0.15, 0.2) is 59.1 Å². The molecule has 0 unspecified atom stereocenters. The van der Waals surface area contributed by atoms with Crippen molar-refractivity contribution >= 4 is 40.0 Å². The number of thioether (sulfide) groups is 1. The SMILES string of the molecule is CC(C)(C)c1cc(SC(F)(F)F)cc(-c2nc(C3CCN(C(=O)Cn4cnc5ccccc54)CC3)cs2)c1. The largest absolute Gasteiger partial charge is 0.446 e. The number of hydrogen-bond donors (Lipinski definition) is 0. The van der Waals surface area contributed by atoms with E-state index in [4.69, 9.17) is 4.98 Å². The Kier molecular flexibility index (Phi) is 7.30. The number of piperidine rings is 1. The Balaban J connectivity index is 1.26. The van der Waals surface area contributed by atoms with Crippen molar-refractivity contribution in [2.24, 2.45) is 0 Å². The number of nitrogens with zero attached hydrogens (tertiary/aromatic N) is 4. The van der Waals surface area contributed by atoms with Crippen molar-refractivity contribution in [3.05, 3.63) is 65.4 Å². The van der Waals surface area contributed by atoms with E-state index < -0.39 is 5.51 Å². The van der Waals surface area contributed by atoms with Crippen LogP contribution in [0.2, 0.25) is 0 Å². The fourth-order valence-corrected chi connectivity index (χ4v) is 6.29. The van der Waals surface area contributed by atoms with Gasteiger partial charge in [-0.3, -0.25) is 4.79 Å². The van der Waals surface area contributed by atoms with Gasteiger partial charge in [0.1, 0.15) is 11.6 Å². The van der Waals surface area contributed by atoms with Gasteiger partial charge in [-0.05, 0) is 65.9 Å². The summed E-state index contributed by atoms with van der Waals surface area (Å²) in [6.07, 6.45) is 3.31. The highest BCUT2D eigenvalue weighted by Crippen LogP contribution is 2.41. The standard InChI is InChI=1S/C28H29F3N4OS2/c1-27(2,3)20-12-19(13-21(14-20)38-28(29,30)31)26-33-23(16-37-26)18-8-10-34(11-9-18)25(36)15-35-17-32-22-6-4-5-7-24(22)35/h4-7,12-14,16-18H,8-11,15H2,1-3H3. The van der Waals surface area contributed by atoms with E-state index >= 15 is 0 Å². The van der Waals surface area contributed by atoms with Gasteiger partial charge in [-0.1, -0.05) is 32.9 Å². The Hall–Kier alpha value is -2.85. The zero-order valence-corrected chi connectivity index (χ0v) is 23.1. The van der Waals surface area contributed by atoms with E-state index in [-0.39, 0.29) is 40.4 Å². The summed E-state index contributed by atoms with van der Waals surface area (Å²) in [6, 6.07) is 12.9. The molecule has 10 heteroatoms. The monoisotopic (exact) mass is 558 g/mol. The van der Waals surface area contributed by atoms with Crippen LogP contribution >= 0.6 is 23.1 Å². The number of amides is 1. The zero-order chi connectivity index (χ0) is 27.1. The van der Waals surface area contributed by atoms with E-state index in [1.54, 1.807) is 18.5 Å². The molecule has 1 fully saturated rings. The Bertz CT molecular complexity index is 1450. The second-order valence-corrected chi connectivity index (χ2v) is 12.6. The second-order valence-electron chi connectivity index (χ2n) is 10.6. The lowest BCUT2D eigenvalue weighted by molar-refractivity contribution is -0.132. The third kappa shape index (κ3) is 6.07. The minimum absolute atomic E-state index is 0.0688. The molecule has 38 heavy (non-hydrogen) atoms. The van der Waals surface area contributed by atoms with Gasteiger partial charge in [0.05, 0.1) is 23.1 Å². The Morgan fingerprint density at radius 3 is 2.55 bits per heavy atom. The number of hydrogen-bond acceptors (Lipinski definition) is 5. The third-order valence-electron chi connectivity index (χ3n) is 6.87. The number of imidazole rings is 1. The van der Waals surface area contributed by atoms with Gasteiger partial charge in [-0.25, -0.2) is 9.97 Å². The molecule has 1 aliphatic rings. The molecule has 3 heterocycles. The first-order valence-corrected chi connectivity index (χ1v) is 14.2. The molecular weight excluding hydrogens is 529 g/mol. The van der Waals surface area contributed by atoms with Crippen LogP contribution in [0, 0.1) is 0 Å². The zero-order valence-electron chi connectivity index (χ0n) is 21.5. The average molecular weight is 559 g/mol. The summed E-state index contributed by atoms with van der Waals surface area (Å²) < 4.78 is 41.3. The Morgan fingerprint density at radius 2 is 1.84 bits per heavy atom. The maximum Gasteiger partial charge on any atom is 0.446 e. The second kappa shape index (κ2) is 10.4. The first kappa shape index (κ1) is 26.7. The normalized spacial score (nSPS) is 15.4. The lowest BCUT2D eigenvalue weighted by atomic mass is 9.86. The van der Waals surface area contributed by atoms with Crippen LogP contribution in [0.3, 0.4) is 0 Å². The molecule has 200 valence electrons. The number of benzene rings is 2. The summed E-state index contributed by atoms with van der Waals surface area (Å²) in [5.74, 6) is 0.284. The van der Waals surface area contributed by atoms with Crippen molar-refractivity contribution in [3.63, 3.8) is 0 Å². The van der Waals surface area contributed by atoms with Crippen molar-refractivity contribution in [1.29, 1.82) is 0 Å². The molecule has 5 rings (SSSR count). The van der Waals surface area contributed by atoms with Crippen LogP contribution < -0.4 is 0 Å². The summed E-state index contributed by atoms with van der Waals surface area (Å²) in [4.78, 5) is 24.2. The number of alkyl halides is 3. The molecule has 1 saturated heterocycles. The molecule has 0 N–H and O–H groups in total. The molecule has 0 radical (unpaired) electrons. The lowest BCUT2D eigenvalue weighted by Crippen LogP contribution is -2.39. The molecule has 0 spiro atoms. The number of rotatable bonds is 5. The molecule has 0 atom stereocenters. The van der Waals surface area contributed by atoms with Gasteiger partial charge in [-0.2, -0.15) is 13.2 Å². The topological polar surface area (TPSA) is 51.0 Å². The van der Waals surface area contributed by atoms with Crippen LogP contribution in [0.4, 0.5) is 13.2 Å². The lowest BCUT2D eigenvalue weighted by Gasteiger charge is -2.31. The van der Waals surface area contributed by atoms with Gasteiger partial charge in [0, 0.05) is 34.8 Å². The quantitative estimate of drug-likeness (QED) is 0.238. The van der Waals surface area contributed by atoms with E-state index in [0.717, 1.165) is 40.1 Å². The molecule has 1 amide bonds. The van der Waals surface area contributed by atoms with E-state index in [1.165, 1.54) is 11.3 Å². The van der Waals surface area contributed by atoms with Crippen LogP contribution in [0.5, 0.6) is 0 Å². The van der Waals surface area contributed by atoms with Gasteiger partial charge in [0.2, 0.25) is 5.91 Å². The van der Waals surface area contributed by atoms with E-state index in [1.807, 2.05) is 66.0 Å². The summed E-state index contributed by atoms with van der Waals surface area (Å²) >= 11 is 1.37. The molecule has 0 bridgehead atoms. The van der Waals surface area contributed by atoms with Crippen LogP contribution in [0.1, 0.15) is 50.8 Å². The highest BCUT2D eigenvalue weighted by atomic mass is 32.2. The molecule has 5 nitrogen and oxygen atoms in total. The minimum atomic E-state index is -4.35. The maximum atomic E-state index is 13.1. The summed E-state index contributed by atoms with van der Waals surface area (Å²) in [5.41, 5.74) is -0.327. The van der Waals surface area contributed by atoms with Crippen LogP contribution in [0.25, 0.3) is 21.6 Å². The summed E-state index contributed by atoms with van der Waals surface area (Å²) in [7, 11) is 0. The van der Waals surface area contributed by atoms with Crippen LogP contribution in [-0.4, -0.2) is 43.9 Å². The number of halogens is 3. The Morgan fingerprint density at radius 1 is 1.11 bits per heavy atom. The van der Waals surface area contributed by atoms with Crippen molar-refractivity contribution in [1.82, 2.24) is 19.4 Å². The number of thiazole rings is 1. The number of aromatic nitrogens is 3. The number of likely N-dealkylation sites (tertiary alicyclic amines) is 1. The fraction of sp³-hybridized carbons (Fsp3) is 0.393. The number of para-hydroxylation sites is 2. The highest BCUT2D eigenvalue weighted by molar-refractivity contribution is 8.00. The predicted octanol–water partition coefficient (Wildman–Crippen LogP) is 7.48. The van der Waals surface area contributed by atoms with Gasteiger partial charge in [-0.15, -0.1) is 11.3 Å². The third-order valence-corrected chi connectivity index (χ3v) is 8.49. The van der Waals surface area contributed by atoms with Gasteiger partial charge < -0.3 is 9.47 Å². The van der Waals surface area contributed by atoms with Gasteiger partial charge in [0.25, 0.3) is 0 Å². The molecule has 2 aromatic heterocycles. The molecule has 1 aliphatic heterocycles. The van der Waals surface area contributed by atoms with Crippen molar-refractivity contribution in [2.45, 2.75) is 61.9 Å². The number of fused-ring (bicyclic) bond motifs is 1. The van der Waals surface area contributed by atoms with Gasteiger partial charge in [0.15, 0.2) is 0 Å². The smallest absolute Gasteiger partial charge is 0.341 e. The van der Waals surface area contributed by atoms with Crippen molar-refractivity contribution in [2.75, 3.05) is 13.1 Å². The Labute approximate surface area is 228 Å². The van der Waals surface area contributed by atoms with E-state index in [0.29, 0.717) is 18.7 Å². The molecule has 0 aliphatic carbocycles. The minimum Gasteiger partial charge on any atom is -0.341 e. The molecule has 2 aromatic carbocycles. The summed E-state index contributed by atoms with van der Waals surface area (Å²) in [5, 5.41) is 2.73. The van der Waals surface area contributed by atoms with Crippen molar-refractivity contribution in [3.8, 4) is 10.6 Å². The molecule has 0 saturated carbocycles. The number of carbonyl (C=O) groups is 1. The van der Waals surface area contributed by atoms with E-state index in [2.05, 4.69) is 4.98 Å². The fourth-order valence-electron chi connectivity index (χ4n) is 4.76. The van der Waals surface area contributed by atoms with E-state index in [9.17, 15) is 18.0 Å². The van der Waals surface area contributed by atoms with Crippen molar-refractivity contribution < 1.29 is 18.0 Å². The predicted molar refractivity (Wildman–Crippen MR) is 146 cm³/mol. The first-order chi connectivity index (χ1) is 18.0. The average Bonchev–Trinajstić information content (AvgIpc) is 3.50. The highest BCUT2D eigenvalue weighted by Gasteiger charge is 2.31. The molecular formula is C28H29F3N4OS2.